The number of piperidine rings is 1. The quantitative estimate of drug-likeness (QED) is 0.464. The van der Waals surface area contributed by atoms with Crippen molar-refractivity contribution < 1.29 is 22.7 Å². The van der Waals surface area contributed by atoms with Crippen LogP contribution in [0.2, 0.25) is 0 Å². The van der Waals surface area contributed by atoms with E-state index in [9.17, 15) is 13.2 Å². The molecule has 0 bridgehead atoms. The number of hydrogen-bond acceptors (Lipinski definition) is 6. The van der Waals surface area contributed by atoms with Crippen molar-refractivity contribution in [3.05, 3.63) is 59.2 Å². The first-order valence-electron chi connectivity index (χ1n) is 13.6. The van der Waals surface area contributed by atoms with Crippen LogP contribution < -0.4 is 10.1 Å². The van der Waals surface area contributed by atoms with Crippen molar-refractivity contribution in [1.82, 2.24) is 14.5 Å². The molecule has 2 aromatic rings. The highest BCUT2D eigenvalue weighted by atomic mass is 32.2. The van der Waals surface area contributed by atoms with Crippen molar-refractivity contribution in [1.29, 1.82) is 0 Å². The van der Waals surface area contributed by atoms with E-state index >= 15 is 0 Å². The highest BCUT2D eigenvalue weighted by Gasteiger charge is 2.35. The zero-order valence-corrected chi connectivity index (χ0v) is 23.6. The second kappa shape index (κ2) is 13.1. The first-order valence-corrected chi connectivity index (χ1v) is 15.0. The van der Waals surface area contributed by atoms with Crippen LogP contribution in [0.15, 0.2) is 47.4 Å². The predicted molar refractivity (Wildman–Crippen MR) is 148 cm³/mol. The maximum Gasteiger partial charge on any atom is 0.246 e. The zero-order chi connectivity index (χ0) is 27.1. The third-order valence-corrected chi connectivity index (χ3v) is 9.79. The number of carbonyl (C=O) groups excluding carboxylic acids is 1. The molecule has 0 radical (unpaired) electrons. The minimum absolute atomic E-state index is 0.103. The highest BCUT2D eigenvalue weighted by molar-refractivity contribution is 7.89. The van der Waals surface area contributed by atoms with Crippen LogP contribution in [0.4, 0.5) is 0 Å². The van der Waals surface area contributed by atoms with Gasteiger partial charge in [-0.2, -0.15) is 4.31 Å². The summed E-state index contributed by atoms with van der Waals surface area (Å²) in [6.07, 6.45) is 4.82. The fraction of sp³-hybridized carbons (Fsp3) is 0.552. The van der Waals surface area contributed by atoms with Gasteiger partial charge in [-0.1, -0.05) is 36.8 Å². The molecule has 8 nitrogen and oxygen atoms in total. The first-order chi connectivity index (χ1) is 18.3. The molecular formula is C29H41N3O5S. The average Bonchev–Trinajstić information content (AvgIpc) is 3.41. The topological polar surface area (TPSA) is 88.2 Å². The Labute approximate surface area is 227 Å². The van der Waals surface area contributed by atoms with Gasteiger partial charge in [0.1, 0.15) is 12.4 Å². The number of hydrogen-bond donors (Lipinski definition) is 1. The van der Waals surface area contributed by atoms with E-state index in [4.69, 9.17) is 9.47 Å². The van der Waals surface area contributed by atoms with Crippen LogP contribution in [0.5, 0.6) is 5.75 Å². The summed E-state index contributed by atoms with van der Waals surface area (Å²) in [4.78, 5) is 15.6. The monoisotopic (exact) mass is 543 g/mol. The molecule has 1 amide bonds. The molecule has 0 aliphatic carbocycles. The lowest BCUT2D eigenvalue weighted by atomic mass is 10.1. The van der Waals surface area contributed by atoms with E-state index in [1.165, 1.54) is 12.8 Å². The molecule has 2 aliphatic heterocycles. The smallest absolute Gasteiger partial charge is 0.246 e. The average molecular weight is 544 g/mol. The van der Waals surface area contributed by atoms with Crippen LogP contribution in [0.3, 0.4) is 0 Å². The largest absolute Gasteiger partial charge is 0.497 e. The molecule has 2 heterocycles. The number of carbonyl (C=O) groups is 1. The molecule has 38 heavy (non-hydrogen) atoms. The van der Waals surface area contributed by atoms with Gasteiger partial charge in [-0.15, -0.1) is 0 Å². The Kier molecular flexibility index (Phi) is 9.81. The number of nitrogens with zero attached hydrogens (tertiary/aromatic N) is 2. The summed E-state index contributed by atoms with van der Waals surface area (Å²) >= 11 is 0. The number of likely N-dealkylation sites (tertiary alicyclic amines) is 1. The van der Waals surface area contributed by atoms with E-state index in [-0.39, 0.29) is 31.2 Å². The van der Waals surface area contributed by atoms with Gasteiger partial charge in [0.05, 0.1) is 24.7 Å². The van der Waals surface area contributed by atoms with Crippen molar-refractivity contribution in [3.8, 4) is 5.75 Å². The molecule has 0 spiro atoms. The van der Waals surface area contributed by atoms with E-state index in [0.717, 1.165) is 38.0 Å². The Morgan fingerprint density at radius 2 is 1.68 bits per heavy atom. The number of benzene rings is 2. The first kappa shape index (κ1) is 28.5. The van der Waals surface area contributed by atoms with Gasteiger partial charge in [0, 0.05) is 19.1 Å². The molecule has 2 fully saturated rings. The standard InChI is InChI=1S/C29H41N3O5S/c1-22-17-26(36-3)18-23(2)29(22)38(34,35)32-16-8-7-13-25(32)20-37-21-28(33)30-27(19-31-14-9-10-15-31)24-11-5-4-6-12-24/h4-6,11-12,17-18,25,27H,7-10,13-16,19-21H2,1-3H3,(H,30,33). The Bertz CT molecular complexity index is 1160. The molecule has 2 aliphatic rings. The predicted octanol–water partition coefficient (Wildman–Crippen LogP) is 3.83. The summed E-state index contributed by atoms with van der Waals surface area (Å²) in [6, 6.07) is 13.1. The maximum absolute atomic E-state index is 13.7. The summed E-state index contributed by atoms with van der Waals surface area (Å²) in [5.74, 6) is 0.451. The van der Waals surface area contributed by atoms with Crippen LogP contribution >= 0.6 is 0 Å². The number of nitrogens with one attached hydrogen (secondary N) is 1. The van der Waals surface area contributed by atoms with Gasteiger partial charge in [-0.25, -0.2) is 8.42 Å². The molecule has 9 heteroatoms. The second-order valence-corrected chi connectivity index (χ2v) is 12.2. The van der Waals surface area contributed by atoms with E-state index in [0.29, 0.717) is 34.7 Å². The Morgan fingerprint density at radius 1 is 1.03 bits per heavy atom. The lowest BCUT2D eigenvalue weighted by molar-refractivity contribution is -0.127. The molecule has 2 aromatic carbocycles. The van der Waals surface area contributed by atoms with Crippen LogP contribution in [0.1, 0.15) is 54.8 Å². The summed E-state index contributed by atoms with van der Waals surface area (Å²) in [5, 5.41) is 3.14. The van der Waals surface area contributed by atoms with E-state index in [1.807, 2.05) is 30.3 Å². The Hall–Kier alpha value is -2.46. The SMILES string of the molecule is COc1cc(C)c(S(=O)(=O)N2CCCCC2COCC(=O)NC(CN2CCCC2)c2ccccc2)c(C)c1. The van der Waals surface area contributed by atoms with E-state index in [2.05, 4.69) is 10.2 Å². The fourth-order valence-corrected chi connectivity index (χ4v) is 7.77. The van der Waals surface area contributed by atoms with E-state index < -0.39 is 10.0 Å². The summed E-state index contributed by atoms with van der Waals surface area (Å²) in [6.45, 7) is 6.99. The van der Waals surface area contributed by atoms with Crippen LogP contribution in [0, 0.1) is 13.8 Å². The maximum atomic E-state index is 13.7. The molecule has 1 N–H and O–H groups in total. The van der Waals surface area contributed by atoms with E-state index in [1.54, 1.807) is 37.4 Å². The number of methoxy groups -OCH3 is 1. The van der Waals surface area contributed by atoms with Crippen LogP contribution in [-0.4, -0.2) is 76.1 Å². The van der Waals surface area contributed by atoms with Gasteiger partial charge < -0.3 is 19.7 Å². The van der Waals surface area contributed by atoms with Crippen molar-refractivity contribution in [2.45, 2.75) is 62.9 Å². The molecular weight excluding hydrogens is 502 g/mol. The third-order valence-electron chi connectivity index (χ3n) is 7.53. The molecule has 4 rings (SSSR count). The summed E-state index contributed by atoms with van der Waals surface area (Å²) in [7, 11) is -2.15. The number of aryl methyl sites for hydroxylation is 2. The van der Waals surface area contributed by atoms with Gasteiger partial charge in [0.25, 0.3) is 0 Å². The number of sulfonamides is 1. The third kappa shape index (κ3) is 6.94. The summed E-state index contributed by atoms with van der Waals surface area (Å²) < 4.78 is 40.2. The minimum atomic E-state index is -3.72. The van der Waals surface area contributed by atoms with Crippen molar-refractivity contribution in [3.63, 3.8) is 0 Å². The van der Waals surface area contributed by atoms with Gasteiger partial charge in [-0.05, 0) is 81.4 Å². The lowest BCUT2D eigenvalue weighted by Gasteiger charge is -2.35. The van der Waals surface area contributed by atoms with Crippen molar-refractivity contribution >= 4 is 15.9 Å². The van der Waals surface area contributed by atoms with Gasteiger partial charge in [0.15, 0.2) is 0 Å². The lowest BCUT2D eigenvalue weighted by Crippen LogP contribution is -2.47. The number of ether oxygens (including phenoxy) is 2. The van der Waals surface area contributed by atoms with Crippen LogP contribution in [0.25, 0.3) is 0 Å². The normalized spacial score (nSPS) is 19.8. The van der Waals surface area contributed by atoms with Gasteiger partial charge >= 0.3 is 0 Å². The minimum Gasteiger partial charge on any atom is -0.497 e. The molecule has 2 unspecified atom stereocenters. The number of rotatable bonds is 11. The molecule has 0 aromatic heterocycles. The number of amides is 1. The van der Waals surface area contributed by atoms with Crippen molar-refractivity contribution in [2.24, 2.45) is 0 Å². The molecule has 2 atom stereocenters. The second-order valence-electron chi connectivity index (χ2n) is 10.4. The molecule has 208 valence electrons. The Balaban J connectivity index is 1.38. The fourth-order valence-electron chi connectivity index (χ4n) is 5.68. The highest BCUT2D eigenvalue weighted by Crippen LogP contribution is 2.32. The van der Waals surface area contributed by atoms with Crippen molar-refractivity contribution in [2.75, 3.05) is 46.5 Å². The zero-order valence-electron chi connectivity index (χ0n) is 22.8. The van der Waals surface area contributed by atoms with Gasteiger partial charge in [-0.3, -0.25) is 4.79 Å². The molecule has 0 saturated carbocycles. The van der Waals surface area contributed by atoms with Gasteiger partial charge in [0.2, 0.25) is 15.9 Å². The summed E-state index contributed by atoms with van der Waals surface area (Å²) in [5.41, 5.74) is 2.40. The Morgan fingerprint density at radius 3 is 2.34 bits per heavy atom. The molecule has 2 saturated heterocycles. The van der Waals surface area contributed by atoms with Crippen LogP contribution in [-0.2, 0) is 19.6 Å².